The van der Waals surface area contributed by atoms with Crippen molar-refractivity contribution in [3.05, 3.63) is 34.3 Å². The van der Waals surface area contributed by atoms with Gasteiger partial charge < -0.3 is 4.90 Å². The molecular weight excluding hydrogens is 336 g/mol. The standard InChI is InChI=1S/C15H19BrN2O3/c1-17(21-2)14(19)12-7-9-18(10-8-12)15(20)11-3-5-13(16)6-4-11/h3-6,12H,7-10H2,1-2H3. The van der Waals surface area contributed by atoms with E-state index >= 15 is 0 Å². The summed E-state index contributed by atoms with van der Waals surface area (Å²) >= 11 is 3.36. The minimum Gasteiger partial charge on any atom is -0.339 e. The lowest BCUT2D eigenvalue weighted by atomic mass is 9.95. The number of carbonyl (C=O) groups is 2. The summed E-state index contributed by atoms with van der Waals surface area (Å²) < 4.78 is 0.950. The number of amides is 2. The van der Waals surface area contributed by atoms with Crippen LogP contribution in [0.1, 0.15) is 23.2 Å². The van der Waals surface area contributed by atoms with Crippen molar-refractivity contribution in [3.63, 3.8) is 0 Å². The zero-order valence-electron chi connectivity index (χ0n) is 12.2. The first-order valence-electron chi connectivity index (χ1n) is 6.89. The largest absolute Gasteiger partial charge is 0.339 e. The number of hydroxylamine groups is 2. The molecular formula is C15H19BrN2O3. The molecule has 2 rings (SSSR count). The summed E-state index contributed by atoms with van der Waals surface area (Å²) in [4.78, 5) is 31.1. The van der Waals surface area contributed by atoms with E-state index in [1.807, 2.05) is 24.3 Å². The fourth-order valence-electron chi connectivity index (χ4n) is 2.45. The number of nitrogens with zero attached hydrogens (tertiary/aromatic N) is 2. The Hall–Kier alpha value is -1.40. The number of carbonyl (C=O) groups excluding carboxylic acids is 2. The second kappa shape index (κ2) is 7.04. The molecule has 0 atom stereocenters. The van der Waals surface area contributed by atoms with Crippen molar-refractivity contribution in [2.45, 2.75) is 12.8 Å². The summed E-state index contributed by atoms with van der Waals surface area (Å²) in [6.45, 7) is 1.20. The van der Waals surface area contributed by atoms with Gasteiger partial charge in [-0.15, -0.1) is 0 Å². The van der Waals surface area contributed by atoms with E-state index in [1.165, 1.54) is 12.2 Å². The van der Waals surface area contributed by atoms with Gasteiger partial charge >= 0.3 is 0 Å². The summed E-state index contributed by atoms with van der Waals surface area (Å²) in [6, 6.07) is 7.33. The van der Waals surface area contributed by atoms with Crippen LogP contribution in [0.5, 0.6) is 0 Å². The molecule has 5 nitrogen and oxygen atoms in total. The Morgan fingerprint density at radius 1 is 1.24 bits per heavy atom. The van der Waals surface area contributed by atoms with Gasteiger partial charge in [0.05, 0.1) is 7.11 Å². The third-order valence-electron chi connectivity index (χ3n) is 3.81. The first-order chi connectivity index (χ1) is 10.0. The molecule has 6 heteroatoms. The number of benzene rings is 1. The minimum atomic E-state index is -0.0658. The Kier molecular flexibility index (Phi) is 5.36. The van der Waals surface area contributed by atoms with Gasteiger partial charge in [0, 0.05) is 36.1 Å². The molecule has 1 aromatic rings. The molecule has 0 N–H and O–H groups in total. The van der Waals surface area contributed by atoms with E-state index < -0.39 is 0 Å². The predicted octanol–water partition coefficient (Wildman–Crippen LogP) is 2.32. The van der Waals surface area contributed by atoms with Gasteiger partial charge in [-0.2, -0.15) is 0 Å². The molecule has 1 fully saturated rings. The molecule has 21 heavy (non-hydrogen) atoms. The van der Waals surface area contributed by atoms with Crippen LogP contribution in [0.2, 0.25) is 0 Å². The molecule has 0 saturated carbocycles. The Bertz CT molecular complexity index is 510. The lowest BCUT2D eigenvalue weighted by Crippen LogP contribution is -2.43. The van der Waals surface area contributed by atoms with E-state index in [0.29, 0.717) is 31.5 Å². The molecule has 0 unspecified atom stereocenters. The van der Waals surface area contributed by atoms with Crippen LogP contribution in [-0.2, 0) is 9.63 Å². The van der Waals surface area contributed by atoms with E-state index in [1.54, 1.807) is 11.9 Å². The van der Waals surface area contributed by atoms with Crippen molar-refractivity contribution in [3.8, 4) is 0 Å². The van der Waals surface area contributed by atoms with Crippen LogP contribution in [0, 0.1) is 5.92 Å². The van der Waals surface area contributed by atoms with Gasteiger partial charge in [-0.3, -0.25) is 14.4 Å². The molecule has 0 bridgehead atoms. The van der Waals surface area contributed by atoms with E-state index in [-0.39, 0.29) is 17.7 Å². The Morgan fingerprint density at radius 2 is 1.81 bits per heavy atom. The number of piperidine rings is 1. The average molecular weight is 355 g/mol. The van der Waals surface area contributed by atoms with Crippen LogP contribution >= 0.6 is 15.9 Å². The molecule has 1 aliphatic rings. The van der Waals surface area contributed by atoms with E-state index in [9.17, 15) is 9.59 Å². The van der Waals surface area contributed by atoms with E-state index in [4.69, 9.17) is 4.84 Å². The summed E-state index contributed by atoms with van der Waals surface area (Å²) in [5.74, 6) is -0.0642. The minimum absolute atomic E-state index is 0.0201. The number of hydrogen-bond donors (Lipinski definition) is 0. The average Bonchev–Trinajstić information content (AvgIpc) is 2.53. The maximum absolute atomic E-state index is 12.4. The third kappa shape index (κ3) is 3.83. The fraction of sp³-hybridized carbons (Fsp3) is 0.467. The summed E-state index contributed by atoms with van der Waals surface area (Å²) in [5.41, 5.74) is 0.678. The predicted molar refractivity (Wildman–Crippen MR) is 82.5 cm³/mol. The second-order valence-corrected chi connectivity index (χ2v) is 6.01. The third-order valence-corrected chi connectivity index (χ3v) is 4.34. The topological polar surface area (TPSA) is 49.9 Å². The monoisotopic (exact) mass is 354 g/mol. The molecule has 114 valence electrons. The summed E-state index contributed by atoms with van der Waals surface area (Å²) in [5, 5.41) is 1.26. The van der Waals surface area contributed by atoms with Crippen LogP contribution in [-0.4, -0.2) is 49.0 Å². The van der Waals surface area contributed by atoms with Gasteiger partial charge in [-0.05, 0) is 37.1 Å². The van der Waals surface area contributed by atoms with Crippen molar-refractivity contribution in [2.24, 2.45) is 5.92 Å². The van der Waals surface area contributed by atoms with Crippen molar-refractivity contribution in [1.29, 1.82) is 0 Å². The summed E-state index contributed by atoms with van der Waals surface area (Å²) in [7, 11) is 3.09. The highest BCUT2D eigenvalue weighted by Gasteiger charge is 2.29. The quantitative estimate of drug-likeness (QED) is 0.782. The van der Waals surface area contributed by atoms with Gasteiger partial charge in [0.2, 0.25) is 5.91 Å². The number of rotatable bonds is 3. The van der Waals surface area contributed by atoms with Crippen LogP contribution in [0.15, 0.2) is 28.7 Å². The number of halogens is 1. The SMILES string of the molecule is CON(C)C(=O)C1CCN(C(=O)c2ccc(Br)cc2)CC1. The highest BCUT2D eigenvalue weighted by molar-refractivity contribution is 9.10. The van der Waals surface area contributed by atoms with E-state index in [2.05, 4.69) is 15.9 Å². The zero-order valence-corrected chi connectivity index (χ0v) is 13.8. The molecule has 2 amide bonds. The van der Waals surface area contributed by atoms with Gasteiger partial charge in [0.25, 0.3) is 5.91 Å². The van der Waals surface area contributed by atoms with Crippen LogP contribution in [0.4, 0.5) is 0 Å². The van der Waals surface area contributed by atoms with Crippen molar-refractivity contribution >= 4 is 27.7 Å². The first kappa shape index (κ1) is 16.0. The van der Waals surface area contributed by atoms with Crippen molar-refractivity contribution < 1.29 is 14.4 Å². The Balaban J connectivity index is 1.93. The van der Waals surface area contributed by atoms with Crippen LogP contribution < -0.4 is 0 Å². The molecule has 1 heterocycles. The fourth-order valence-corrected chi connectivity index (χ4v) is 2.72. The molecule has 1 saturated heterocycles. The van der Waals surface area contributed by atoms with Gasteiger partial charge in [0.1, 0.15) is 0 Å². The highest BCUT2D eigenvalue weighted by Crippen LogP contribution is 2.21. The highest BCUT2D eigenvalue weighted by atomic mass is 79.9. The first-order valence-corrected chi connectivity index (χ1v) is 7.68. The maximum Gasteiger partial charge on any atom is 0.253 e. The zero-order chi connectivity index (χ0) is 15.4. The van der Waals surface area contributed by atoms with Gasteiger partial charge in [-0.1, -0.05) is 15.9 Å². The summed E-state index contributed by atoms with van der Waals surface area (Å²) in [6.07, 6.45) is 1.35. The normalized spacial score (nSPS) is 15.9. The molecule has 1 aliphatic heterocycles. The van der Waals surface area contributed by atoms with Crippen LogP contribution in [0.3, 0.4) is 0 Å². The lowest BCUT2D eigenvalue weighted by molar-refractivity contribution is -0.174. The molecule has 0 aliphatic carbocycles. The van der Waals surface area contributed by atoms with Crippen molar-refractivity contribution in [1.82, 2.24) is 9.96 Å². The number of likely N-dealkylation sites (tertiary alicyclic amines) is 1. The molecule has 1 aromatic carbocycles. The molecule has 0 spiro atoms. The molecule has 0 aromatic heterocycles. The lowest BCUT2D eigenvalue weighted by Gasteiger charge is -2.32. The van der Waals surface area contributed by atoms with Crippen molar-refractivity contribution in [2.75, 3.05) is 27.2 Å². The van der Waals surface area contributed by atoms with E-state index in [0.717, 1.165) is 4.47 Å². The van der Waals surface area contributed by atoms with Gasteiger partial charge in [0.15, 0.2) is 0 Å². The Labute approximate surface area is 132 Å². The second-order valence-electron chi connectivity index (χ2n) is 5.09. The van der Waals surface area contributed by atoms with Crippen LogP contribution in [0.25, 0.3) is 0 Å². The Morgan fingerprint density at radius 3 is 2.33 bits per heavy atom. The smallest absolute Gasteiger partial charge is 0.253 e. The maximum atomic E-state index is 12.4. The van der Waals surface area contributed by atoms with Gasteiger partial charge in [-0.25, -0.2) is 5.06 Å². The number of hydrogen-bond acceptors (Lipinski definition) is 3. The molecule has 0 radical (unpaired) electrons.